The molecule has 1 N–H and O–H groups in total. The highest BCUT2D eigenvalue weighted by molar-refractivity contribution is 5.83. The molecule has 0 radical (unpaired) electrons. The molecular weight excluding hydrogens is 306 g/mol. The Labute approximate surface area is 148 Å². The molecule has 1 heterocycles. The number of para-hydroxylation sites is 1. The number of benzene rings is 3. The number of hydrogen-bond acceptors (Lipinski definition) is 2. The number of anilines is 2. The van der Waals surface area contributed by atoms with Crippen molar-refractivity contribution >= 4 is 22.3 Å². The van der Waals surface area contributed by atoms with Crippen LogP contribution in [0.25, 0.3) is 22.3 Å². The van der Waals surface area contributed by atoms with E-state index < -0.39 is 0 Å². The fraction of sp³-hybridized carbons (Fsp3) is 0.130. The van der Waals surface area contributed by atoms with Gasteiger partial charge in [-0.3, -0.25) is 0 Å². The average Bonchev–Trinajstić information content (AvgIpc) is 3.07. The third kappa shape index (κ3) is 3.29. The Balaban J connectivity index is 1.53. The number of hydrogen-bond donors (Lipinski definition) is 1. The van der Waals surface area contributed by atoms with E-state index in [4.69, 9.17) is 4.42 Å². The second-order valence-corrected chi connectivity index (χ2v) is 6.63. The van der Waals surface area contributed by atoms with E-state index in [2.05, 4.69) is 79.8 Å². The molecule has 0 amide bonds. The minimum atomic E-state index is 0.553. The molecule has 0 saturated carbocycles. The van der Waals surface area contributed by atoms with Crippen LogP contribution < -0.4 is 5.32 Å². The van der Waals surface area contributed by atoms with Gasteiger partial charge < -0.3 is 9.73 Å². The summed E-state index contributed by atoms with van der Waals surface area (Å²) in [5.41, 5.74) is 5.52. The van der Waals surface area contributed by atoms with Gasteiger partial charge in [0.25, 0.3) is 0 Å². The minimum absolute atomic E-state index is 0.553. The van der Waals surface area contributed by atoms with Crippen LogP contribution in [0, 0.1) is 0 Å². The van der Waals surface area contributed by atoms with Gasteiger partial charge in [-0.25, -0.2) is 0 Å². The highest BCUT2D eigenvalue weighted by Crippen LogP contribution is 2.29. The molecule has 124 valence electrons. The summed E-state index contributed by atoms with van der Waals surface area (Å²) in [4.78, 5) is 0. The first kappa shape index (κ1) is 15.5. The summed E-state index contributed by atoms with van der Waals surface area (Å²) in [5.74, 6) is 1.45. The molecule has 4 aromatic rings. The van der Waals surface area contributed by atoms with Crippen molar-refractivity contribution in [1.29, 1.82) is 0 Å². The molecule has 0 saturated heterocycles. The Kier molecular flexibility index (Phi) is 4.02. The summed E-state index contributed by atoms with van der Waals surface area (Å²) >= 11 is 0. The third-order valence-electron chi connectivity index (χ3n) is 4.46. The van der Waals surface area contributed by atoms with E-state index in [1.165, 1.54) is 5.56 Å². The lowest BCUT2D eigenvalue weighted by molar-refractivity contribution is 0.631. The normalized spacial score (nSPS) is 11.2. The maximum Gasteiger partial charge on any atom is 0.135 e. The van der Waals surface area contributed by atoms with Gasteiger partial charge in [0.15, 0.2) is 0 Å². The van der Waals surface area contributed by atoms with Crippen LogP contribution in [0.15, 0.2) is 83.3 Å². The second kappa shape index (κ2) is 6.48. The molecule has 2 nitrogen and oxygen atoms in total. The smallest absolute Gasteiger partial charge is 0.135 e. The van der Waals surface area contributed by atoms with Crippen LogP contribution in [-0.4, -0.2) is 0 Å². The summed E-state index contributed by atoms with van der Waals surface area (Å²) in [5, 5.41) is 4.57. The van der Waals surface area contributed by atoms with Crippen molar-refractivity contribution in [3.63, 3.8) is 0 Å². The molecule has 4 rings (SSSR count). The first-order chi connectivity index (χ1) is 12.2. The lowest BCUT2D eigenvalue weighted by Crippen LogP contribution is -1.92. The first-order valence-electron chi connectivity index (χ1n) is 8.65. The molecule has 0 aliphatic rings. The molecule has 0 fully saturated rings. The van der Waals surface area contributed by atoms with E-state index in [9.17, 15) is 0 Å². The third-order valence-corrected chi connectivity index (χ3v) is 4.46. The summed E-state index contributed by atoms with van der Waals surface area (Å²) in [6.45, 7) is 4.42. The number of fused-ring (bicyclic) bond motifs is 1. The highest BCUT2D eigenvalue weighted by Gasteiger charge is 2.06. The summed E-state index contributed by atoms with van der Waals surface area (Å²) in [6, 6.07) is 27.1. The largest absolute Gasteiger partial charge is 0.456 e. The predicted octanol–water partition coefficient (Wildman–Crippen LogP) is 6.97. The van der Waals surface area contributed by atoms with Gasteiger partial charge in [0, 0.05) is 22.3 Å². The molecular formula is C23H21NO. The zero-order chi connectivity index (χ0) is 17.2. The maximum atomic E-state index is 5.93. The SMILES string of the molecule is CC(C)c1ccc(Nc2ccc(-c3cc4ccccc4o3)cc2)cc1. The fourth-order valence-corrected chi connectivity index (χ4v) is 2.96. The monoisotopic (exact) mass is 327 g/mol. The topological polar surface area (TPSA) is 25.2 Å². The lowest BCUT2D eigenvalue weighted by Gasteiger charge is -2.09. The Morgan fingerprint density at radius 1 is 0.760 bits per heavy atom. The summed E-state index contributed by atoms with van der Waals surface area (Å²) < 4.78 is 5.93. The van der Waals surface area contributed by atoms with E-state index in [0.717, 1.165) is 33.7 Å². The maximum absolute atomic E-state index is 5.93. The van der Waals surface area contributed by atoms with Gasteiger partial charge in [-0.1, -0.05) is 44.2 Å². The Morgan fingerprint density at radius 2 is 1.40 bits per heavy atom. The molecule has 0 aliphatic carbocycles. The number of nitrogens with one attached hydrogen (secondary N) is 1. The molecule has 0 unspecified atom stereocenters. The summed E-state index contributed by atoms with van der Waals surface area (Å²) in [6.07, 6.45) is 0. The van der Waals surface area contributed by atoms with Crippen LogP contribution in [0.1, 0.15) is 25.3 Å². The lowest BCUT2D eigenvalue weighted by atomic mass is 10.0. The van der Waals surface area contributed by atoms with Gasteiger partial charge in [-0.15, -0.1) is 0 Å². The van der Waals surface area contributed by atoms with E-state index in [0.29, 0.717) is 5.92 Å². The van der Waals surface area contributed by atoms with Crippen molar-refractivity contribution in [2.45, 2.75) is 19.8 Å². The van der Waals surface area contributed by atoms with Gasteiger partial charge in [0.2, 0.25) is 0 Å². The van der Waals surface area contributed by atoms with Crippen molar-refractivity contribution in [3.8, 4) is 11.3 Å². The molecule has 2 heteroatoms. The van der Waals surface area contributed by atoms with E-state index in [1.54, 1.807) is 0 Å². The van der Waals surface area contributed by atoms with Crippen molar-refractivity contribution in [1.82, 2.24) is 0 Å². The number of furan rings is 1. The minimum Gasteiger partial charge on any atom is -0.456 e. The molecule has 3 aromatic carbocycles. The van der Waals surface area contributed by atoms with Crippen LogP contribution >= 0.6 is 0 Å². The molecule has 0 atom stereocenters. The molecule has 1 aromatic heterocycles. The fourth-order valence-electron chi connectivity index (χ4n) is 2.96. The predicted molar refractivity (Wildman–Crippen MR) is 105 cm³/mol. The van der Waals surface area contributed by atoms with Crippen molar-refractivity contribution in [2.24, 2.45) is 0 Å². The molecule has 0 aliphatic heterocycles. The Morgan fingerprint density at radius 3 is 2.04 bits per heavy atom. The Hall–Kier alpha value is -3.00. The summed E-state index contributed by atoms with van der Waals surface area (Å²) in [7, 11) is 0. The van der Waals surface area contributed by atoms with Crippen molar-refractivity contribution < 1.29 is 4.42 Å². The molecule has 25 heavy (non-hydrogen) atoms. The number of rotatable bonds is 4. The van der Waals surface area contributed by atoms with Crippen LogP contribution in [0.3, 0.4) is 0 Å². The van der Waals surface area contributed by atoms with Crippen LogP contribution in [0.2, 0.25) is 0 Å². The van der Waals surface area contributed by atoms with E-state index in [1.807, 2.05) is 18.2 Å². The molecule has 0 spiro atoms. The van der Waals surface area contributed by atoms with Crippen molar-refractivity contribution in [2.75, 3.05) is 5.32 Å². The van der Waals surface area contributed by atoms with Gasteiger partial charge in [0.05, 0.1) is 0 Å². The van der Waals surface area contributed by atoms with Gasteiger partial charge in [-0.2, -0.15) is 0 Å². The second-order valence-electron chi connectivity index (χ2n) is 6.63. The zero-order valence-electron chi connectivity index (χ0n) is 14.5. The van der Waals surface area contributed by atoms with Gasteiger partial charge >= 0.3 is 0 Å². The van der Waals surface area contributed by atoms with Crippen molar-refractivity contribution in [3.05, 3.63) is 84.4 Å². The zero-order valence-corrected chi connectivity index (χ0v) is 14.5. The standard InChI is InChI=1S/C23H21NO/c1-16(2)17-7-11-20(12-8-17)24-21-13-9-18(10-14-21)23-15-19-5-3-4-6-22(19)25-23/h3-16,24H,1-2H3. The van der Waals surface area contributed by atoms with Gasteiger partial charge in [-0.05, 0) is 60.0 Å². The first-order valence-corrected chi connectivity index (χ1v) is 8.65. The highest BCUT2D eigenvalue weighted by atomic mass is 16.3. The van der Waals surface area contributed by atoms with Crippen LogP contribution in [0.4, 0.5) is 11.4 Å². The van der Waals surface area contributed by atoms with Gasteiger partial charge in [0.1, 0.15) is 11.3 Å². The van der Waals surface area contributed by atoms with Crippen LogP contribution in [0.5, 0.6) is 0 Å². The average molecular weight is 327 g/mol. The van der Waals surface area contributed by atoms with E-state index >= 15 is 0 Å². The van der Waals surface area contributed by atoms with E-state index in [-0.39, 0.29) is 0 Å². The van der Waals surface area contributed by atoms with Crippen LogP contribution in [-0.2, 0) is 0 Å². The Bertz CT molecular complexity index is 946. The quantitative estimate of drug-likeness (QED) is 0.438. The molecule has 0 bridgehead atoms.